The van der Waals surface area contributed by atoms with Crippen LogP contribution in [0.2, 0.25) is 5.02 Å². The highest BCUT2D eigenvalue weighted by Crippen LogP contribution is 2.40. The molecule has 4 rings (SSSR count). The van der Waals surface area contributed by atoms with E-state index in [-0.39, 0.29) is 12.0 Å². The largest absolute Gasteiger partial charge is 0.470 e. The van der Waals surface area contributed by atoms with E-state index in [9.17, 15) is 4.79 Å². The molecule has 0 radical (unpaired) electrons. The Morgan fingerprint density at radius 3 is 2.88 bits per heavy atom. The molecule has 0 aliphatic heterocycles. The lowest BCUT2D eigenvalue weighted by atomic mass is 10.1. The Balaban J connectivity index is 1.72. The molecule has 0 bridgehead atoms. The molecular formula is C17H16ClN5O2. The van der Waals surface area contributed by atoms with Crippen LogP contribution in [-0.4, -0.2) is 31.4 Å². The number of aromatic nitrogens is 4. The van der Waals surface area contributed by atoms with Gasteiger partial charge >= 0.3 is 0 Å². The number of amides is 1. The molecule has 25 heavy (non-hydrogen) atoms. The number of H-pyrrole nitrogens is 1. The Bertz CT molecular complexity index is 980. The SMILES string of the molecule is CC1(Oc2ncnc3nc(-c4ccc(CC(N)=O)cc4Cl)[nH]c23)CC1. The van der Waals surface area contributed by atoms with Gasteiger partial charge in [-0.15, -0.1) is 0 Å². The summed E-state index contributed by atoms with van der Waals surface area (Å²) >= 11 is 6.35. The highest BCUT2D eigenvalue weighted by atomic mass is 35.5. The third kappa shape index (κ3) is 3.15. The number of carbonyl (C=O) groups is 1. The number of hydrogen-bond donors (Lipinski definition) is 2. The molecule has 1 aliphatic carbocycles. The maximum absolute atomic E-state index is 11.0. The molecule has 1 amide bonds. The van der Waals surface area contributed by atoms with E-state index in [1.807, 2.05) is 6.92 Å². The zero-order chi connectivity index (χ0) is 17.6. The van der Waals surface area contributed by atoms with E-state index >= 15 is 0 Å². The summed E-state index contributed by atoms with van der Waals surface area (Å²) in [7, 11) is 0. The van der Waals surface area contributed by atoms with Crippen molar-refractivity contribution in [2.75, 3.05) is 0 Å². The van der Waals surface area contributed by atoms with E-state index < -0.39 is 5.91 Å². The van der Waals surface area contributed by atoms with Crippen LogP contribution in [0.25, 0.3) is 22.6 Å². The molecule has 0 atom stereocenters. The second-order valence-electron chi connectivity index (χ2n) is 6.47. The van der Waals surface area contributed by atoms with Gasteiger partial charge in [0.05, 0.1) is 11.4 Å². The van der Waals surface area contributed by atoms with Crippen molar-refractivity contribution in [2.24, 2.45) is 5.73 Å². The zero-order valence-electron chi connectivity index (χ0n) is 13.5. The van der Waals surface area contributed by atoms with Crippen molar-refractivity contribution in [2.45, 2.75) is 31.8 Å². The molecule has 128 valence electrons. The second-order valence-corrected chi connectivity index (χ2v) is 6.88. The fourth-order valence-electron chi connectivity index (χ4n) is 2.59. The van der Waals surface area contributed by atoms with Crippen LogP contribution in [-0.2, 0) is 11.2 Å². The van der Waals surface area contributed by atoms with E-state index in [1.54, 1.807) is 18.2 Å². The van der Waals surface area contributed by atoms with Crippen LogP contribution in [0.5, 0.6) is 5.88 Å². The van der Waals surface area contributed by atoms with Crippen LogP contribution in [0.15, 0.2) is 24.5 Å². The van der Waals surface area contributed by atoms with Crippen molar-refractivity contribution >= 4 is 28.7 Å². The number of benzene rings is 1. The Morgan fingerprint density at radius 1 is 1.40 bits per heavy atom. The third-order valence-corrected chi connectivity index (χ3v) is 4.53. The topological polar surface area (TPSA) is 107 Å². The number of ether oxygens (including phenoxy) is 1. The molecule has 0 saturated heterocycles. The van der Waals surface area contributed by atoms with Gasteiger partial charge in [0.25, 0.3) is 0 Å². The van der Waals surface area contributed by atoms with E-state index in [0.29, 0.717) is 33.5 Å². The van der Waals surface area contributed by atoms with E-state index in [1.165, 1.54) is 6.33 Å². The number of rotatable bonds is 5. The number of imidazole rings is 1. The number of carbonyl (C=O) groups excluding carboxylic acids is 1. The summed E-state index contributed by atoms with van der Waals surface area (Å²) in [5.41, 5.74) is 7.68. The Labute approximate surface area is 148 Å². The predicted octanol–water partition coefficient (Wildman–Crippen LogP) is 2.63. The van der Waals surface area contributed by atoms with Crippen molar-refractivity contribution in [1.29, 1.82) is 0 Å². The number of nitrogens with two attached hydrogens (primary N) is 1. The molecule has 1 fully saturated rings. The monoisotopic (exact) mass is 357 g/mol. The molecular weight excluding hydrogens is 342 g/mol. The number of fused-ring (bicyclic) bond motifs is 1. The highest BCUT2D eigenvalue weighted by molar-refractivity contribution is 6.33. The van der Waals surface area contributed by atoms with Crippen molar-refractivity contribution in [3.05, 3.63) is 35.1 Å². The lowest BCUT2D eigenvalue weighted by molar-refractivity contribution is -0.117. The zero-order valence-corrected chi connectivity index (χ0v) is 14.3. The van der Waals surface area contributed by atoms with Gasteiger partial charge in [0.1, 0.15) is 23.3 Å². The summed E-state index contributed by atoms with van der Waals surface area (Å²) in [6.07, 6.45) is 3.59. The first kappa shape index (κ1) is 15.8. The summed E-state index contributed by atoms with van der Waals surface area (Å²) < 4.78 is 5.96. The van der Waals surface area contributed by atoms with Gasteiger partial charge in [0, 0.05) is 5.56 Å². The maximum atomic E-state index is 11.0. The van der Waals surface area contributed by atoms with Gasteiger partial charge in [0.2, 0.25) is 11.8 Å². The van der Waals surface area contributed by atoms with Gasteiger partial charge in [-0.2, -0.15) is 4.98 Å². The molecule has 2 heterocycles. The fraction of sp³-hybridized carbons (Fsp3) is 0.294. The summed E-state index contributed by atoms with van der Waals surface area (Å²) in [5, 5.41) is 0.474. The lowest BCUT2D eigenvalue weighted by Gasteiger charge is -2.11. The second kappa shape index (κ2) is 5.70. The van der Waals surface area contributed by atoms with Crippen LogP contribution in [0, 0.1) is 0 Å². The summed E-state index contributed by atoms with van der Waals surface area (Å²) in [6.45, 7) is 2.05. The van der Waals surface area contributed by atoms with Crippen molar-refractivity contribution in [3.8, 4) is 17.3 Å². The van der Waals surface area contributed by atoms with Gasteiger partial charge in [-0.25, -0.2) is 9.97 Å². The lowest BCUT2D eigenvalue weighted by Crippen LogP contribution is -2.13. The Kier molecular flexibility index (Phi) is 3.61. The minimum absolute atomic E-state index is 0.141. The minimum atomic E-state index is -0.404. The molecule has 1 aromatic carbocycles. The number of aromatic amines is 1. The van der Waals surface area contributed by atoms with Crippen molar-refractivity contribution < 1.29 is 9.53 Å². The molecule has 1 aliphatic rings. The van der Waals surface area contributed by atoms with Gasteiger partial charge in [-0.3, -0.25) is 4.79 Å². The average molecular weight is 358 g/mol. The first-order valence-corrected chi connectivity index (χ1v) is 8.28. The van der Waals surface area contributed by atoms with Crippen LogP contribution in [0.3, 0.4) is 0 Å². The minimum Gasteiger partial charge on any atom is -0.470 e. The van der Waals surface area contributed by atoms with Crippen molar-refractivity contribution in [3.63, 3.8) is 0 Å². The average Bonchev–Trinajstić information content (AvgIpc) is 3.10. The molecule has 3 aromatic rings. The van der Waals surface area contributed by atoms with Crippen LogP contribution >= 0.6 is 11.6 Å². The molecule has 8 heteroatoms. The normalized spacial score (nSPS) is 15.3. The number of halogens is 1. The molecule has 0 unspecified atom stereocenters. The summed E-state index contributed by atoms with van der Waals surface area (Å²) in [6, 6.07) is 5.31. The van der Waals surface area contributed by atoms with E-state index in [4.69, 9.17) is 22.1 Å². The highest BCUT2D eigenvalue weighted by Gasteiger charge is 2.41. The quantitative estimate of drug-likeness (QED) is 0.730. The van der Waals surface area contributed by atoms with Crippen LogP contribution < -0.4 is 10.5 Å². The molecule has 3 N–H and O–H groups in total. The van der Waals surface area contributed by atoms with Gasteiger partial charge in [-0.1, -0.05) is 17.7 Å². The standard InChI is InChI=1S/C17H16ClN5O2/c1-17(4-5-17)25-16-13-15(20-8-21-16)23-14(22-13)10-3-2-9(6-11(10)18)7-12(19)24/h2-3,6,8H,4-5,7H2,1H3,(H2,19,24)(H,20,21,22,23). The molecule has 1 saturated carbocycles. The van der Waals surface area contributed by atoms with Crippen molar-refractivity contribution in [1.82, 2.24) is 19.9 Å². The Morgan fingerprint density at radius 2 is 2.20 bits per heavy atom. The van der Waals surface area contributed by atoms with E-state index in [0.717, 1.165) is 18.4 Å². The first-order chi connectivity index (χ1) is 11.9. The number of nitrogens with zero attached hydrogens (tertiary/aromatic N) is 3. The Hall–Kier alpha value is -2.67. The fourth-order valence-corrected chi connectivity index (χ4v) is 2.88. The summed E-state index contributed by atoms with van der Waals surface area (Å²) in [5.74, 6) is 0.653. The predicted molar refractivity (Wildman–Crippen MR) is 93.3 cm³/mol. The van der Waals surface area contributed by atoms with Gasteiger partial charge in [0.15, 0.2) is 5.65 Å². The van der Waals surface area contributed by atoms with Crippen LogP contribution in [0.4, 0.5) is 0 Å². The third-order valence-electron chi connectivity index (χ3n) is 4.22. The van der Waals surface area contributed by atoms with Crippen LogP contribution in [0.1, 0.15) is 25.3 Å². The van der Waals surface area contributed by atoms with Gasteiger partial charge in [-0.05, 0) is 37.5 Å². The number of hydrogen-bond acceptors (Lipinski definition) is 5. The maximum Gasteiger partial charge on any atom is 0.243 e. The first-order valence-electron chi connectivity index (χ1n) is 7.90. The van der Waals surface area contributed by atoms with Gasteiger partial charge < -0.3 is 15.5 Å². The molecule has 0 spiro atoms. The number of primary amides is 1. The smallest absolute Gasteiger partial charge is 0.243 e. The number of nitrogens with one attached hydrogen (secondary N) is 1. The van der Waals surface area contributed by atoms with E-state index in [2.05, 4.69) is 19.9 Å². The molecule has 7 nitrogen and oxygen atoms in total. The summed E-state index contributed by atoms with van der Waals surface area (Å²) in [4.78, 5) is 27.1. The molecule has 2 aromatic heterocycles.